The average molecular weight is 279 g/mol. The number of nitrogens with zero attached hydrogens (tertiary/aromatic N) is 2. The van der Waals surface area contributed by atoms with E-state index in [1.807, 2.05) is 11.0 Å². The molecular formula is C14H21N3O3. The Morgan fingerprint density at radius 2 is 2.15 bits per heavy atom. The van der Waals surface area contributed by atoms with Crippen LogP contribution in [0.5, 0.6) is 0 Å². The van der Waals surface area contributed by atoms with Gasteiger partial charge in [-0.1, -0.05) is 0 Å². The first-order valence-corrected chi connectivity index (χ1v) is 6.92. The lowest BCUT2D eigenvalue weighted by atomic mass is 10.3. The van der Waals surface area contributed by atoms with Crippen LogP contribution in [0.3, 0.4) is 0 Å². The van der Waals surface area contributed by atoms with Crippen molar-refractivity contribution in [2.75, 3.05) is 32.7 Å². The third kappa shape index (κ3) is 4.38. The van der Waals surface area contributed by atoms with Gasteiger partial charge in [-0.15, -0.1) is 0 Å². The zero-order chi connectivity index (χ0) is 14.4. The Kier molecular flexibility index (Phi) is 5.17. The molecule has 0 atom stereocenters. The first-order chi connectivity index (χ1) is 9.65. The smallest absolute Gasteiger partial charge is 0.234 e. The Hall–Kier alpha value is -1.82. The Bertz CT molecular complexity index is 445. The van der Waals surface area contributed by atoms with Crippen LogP contribution in [-0.4, -0.2) is 54.3 Å². The molecule has 1 aliphatic heterocycles. The third-order valence-corrected chi connectivity index (χ3v) is 3.44. The van der Waals surface area contributed by atoms with E-state index in [2.05, 4.69) is 10.2 Å². The maximum absolute atomic E-state index is 11.9. The molecule has 0 saturated carbocycles. The summed E-state index contributed by atoms with van der Waals surface area (Å²) in [6.45, 7) is 5.43. The van der Waals surface area contributed by atoms with Crippen LogP contribution >= 0.6 is 0 Å². The van der Waals surface area contributed by atoms with Gasteiger partial charge in [0.25, 0.3) is 0 Å². The van der Waals surface area contributed by atoms with Gasteiger partial charge in [0, 0.05) is 33.1 Å². The summed E-state index contributed by atoms with van der Waals surface area (Å²) >= 11 is 0. The highest BCUT2D eigenvalue weighted by Gasteiger charge is 2.18. The van der Waals surface area contributed by atoms with Gasteiger partial charge in [0.2, 0.25) is 11.8 Å². The second-order valence-electron chi connectivity index (χ2n) is 4.99. The standard InChI is InChI=1S/C14H21N3O3/c1-12(18)17-6-3-5-16(7-8-17)11-14(19)15-10-13-4-2-9-20-13/h2,4,9H,3,5-8,10-11H2,1H3,(H,15,19). The molecule has 20 heavy (non-hydrogen) atoms. The molecule has 1 aliphatic rings. The summed E-state index contributed by atoms with van der Waals surface area (Å²) in [5.74, 6) is 0.837. The Morgan fingerprint density at radius 3 is 2.85 bits per heavy atom. The summed E-state index contributed by atoms with van der Waals surface area (Å²) < 4.78 is 5.16. The van der Waals surface area contributed by atoms with E-state index in [0.717, 1.165) is 31.8 Å². The fourth-order valence-electron chi connectivity index (χ4n) is 2.30. The molecule has 1 aromatic heterocycles. The van der Waals surface area contributed by atoms with E-state index < -0.39 is 0 Å². The van der Waals surface area contributed by atoms with Gasteiger partial charge < -0.3 is 14.6 Å². The number of carbonyl (C=O) groups excluding carboxylic acids is 2. The zero-order valence-electron chi connectivity index (χ0n) is 11.8. The van der Waals surface area contributed by atoms with E-state index in [0.29, 0.717) is 19.6 Å². The molecule has 1 saturated heterocycles. The molecular weight excluding hydrogens is 258 g/mol. The number of amides is 2. The summed E-state index contributed by atoms with van der Waals surface area (Å²) in [7, 11) is 0. The van der Waals surface area contributed by atoms with Crippen LogP contribution < -0.4 is 5.32 Å². The van der Waals surface area contributed by atoms with Crippen LogP contribution in [0.2, 0.25) is 0 Å². The maximum atomic E-state index is 11.9. The van der Waals surface area contributed by atoms with E-state index in [9.17, 15) is 9.59 Å². The lowest BCUT2D eigenvalue weighted by Crippen LogP contribution is -2.39. The Labute approximate surface area is 118 Å². The van der Waals surface area contributed by atoms with Crippen molar-refractivity contribution in [1.29, 1.82) is 0 Å². The molecule has 0 bridgehead atoms. The lowest BCUT2D eigenvalue weighted by molar-refractivity contribution is -0.128. The Morgan fingerprint density at radius 1 is 1.30 bits per heavy atom. The van der Waals surface area contributed by atoms with Crippen LogP contribution in [0.25, 0.3) is 0 Å². The summed E-state index contributed by atoms with van der Waals surface area (Å²) in [4.78, 5) is 27.1. The fourth-order valence-corrected chi connectivity index (χ4v) is 2.30. The van der Waals surface area contributed by atoms with Crippen LogP contribution in [0.4, 0.5) is 0 Å². The van der Waals surface area contributed by atoms with Crippen molar-refractivity contribution in [3.63, 3.8) is 0 Å². The molecule has 0 radical (unpaired) electrons. The van der Waals surface area contributed by atoms with Gasteiger partial charge in [0.05, 0.1) is 19.4 Å². The molecule has 1 N–H and O–H groups in total. The summed E-state index contributed by atoms with van der Waals surface area (Å²) in [5.41, 5.74) is 0. The molecule has 0 aromatic carbocycles. The minimum atomic E-state index is -0.0160. The highest BCUT2D eigenvalue weighted by atomic mass is 16.3. The monoisotopic (exact) mass is 279 g/mol. The number of nitrogens with one attached hydrogen (secondary N) is 1. The molecule has 6 heteroatoms. The number of hydrogen-bond donors (Lipinski definition) is 1. The molecule has 1 aromatic rings. The Balaban J connectivity index is 1.72. The second kappa shape index (κ2) is 7.09. The minimum absolute atomic E-state index is 0.0160. The maximum Gasteiger partial charge on any atom is 0.234 e. The minimum Gasteiger partial charge on any atom is -0.467 e. The van der Waals surface area contributed by atoms with Gasteiger partial charge in [-0.25, -0.2) is 0 Å². The summed E-state index contributed by atoms with van der Waals surface area (Å²) in [6.07, 6.45) is 2.50. The molecule has 6 nitrogen and oxygen atoms in total. The quantitative estimate of drug-likeness (QED) is 0.869. The molecule has 0 spiro atoms. The fraction of sp³-hybridized carbons (Fsp3) is 0.571. The van der Waals surface area contributed by atoms with Crippen molar-refractivity contribution in [3.8, 4) is 0 Å². The number of carbonyl (C=O) groups is 2. The molecule has 2 rings (SSSR count). The third-order valence-electron chi connectivity index (χ3n) is 3.44. The number of furan rings is 1. The van der Waals surface area contributed by atoms with E-state index in [-0.39, 0.29) is 11.8 Å². The predicted molar refractivity (Wildman–Crippen MR) is 73.9 cm³/mol. The largest absolute Gasteiger partial charge is 0.467 e. The van der Waals surface area contributed by atoms with Gasteiger partial charge in [0.15, 0.2) is 0 Å². The molecule has 2 heterocycles. The van der Waals surface area contributed by atoms with Crippen LogP contribution in [-0.2, 0) is 16.1 Å². The van der Waals surface area contributed by atoms with Crippen molar-refractivity contribution in [2.24, 2.45) is 0 Å². The molecule has 0 aliphatic carbocycles. The van der Waals surface area contributed by atoms with E-state index in [1.54, 1.807) is 19.3 Å². The lowest BCUT2D eigenvalue weighted by Gasteiger charge is -2.20. The topological polar surface area (TPSA) is 65.8 Å². The summed E-state index contributed by atoms with van der Waals surface area (Å²) in [6, 6.07) is 3.63. The van der Waals surface area contributed by atoms with Crippen molar-refractivity contribution in [2.45, 2.75) is 19.9 Å². The summed E-state index contributed by atoms with van der Waals surface area (Å²) in [5, 5.41) is 2.83. The first-order valence-electron chi connectivity index (χ1n) is 6.92. The zero-order valence-corrected chi connectivity index (χ0v) is 11.8. The van der Waals surface area contributed by atoms with Crippen molar-refractivity contribution in [1.82, 2.24) is 15.1 Å². The van der Waals surface area contributed by atoms with Crippen molar-refractivity contribution < 1.29 is 14.0 Å². The predicted octanol–water partition coefficient (Wildman–Crippen LogP) is 0.450. The van der Waals surface area contributed by atoms with Crippen LogP contribution in [0.15, 0.2) is 22.8 Å². The number of hydrogen-bond acceptors (Lipinski definition) is 4. The second-order valence-corrected chi connectivity index (χ2v) is 4.99. The highest BCUT2D eigenvalue weighted by Crippen LogP contribution is 2.03. The molecule has 110 valence electrons. The van der Waals surface area contributed by atoms with Gasteiger partial charge in [-0.05, 0) is 18.6 Å². The normalized spacial score (nSPS) is 16.8. The van der Waals surface area contributed by atoms with Crippen molar-refractivity contribution in [3.05, 3.63) is 24.2 Å². The van der Waals surface area contributed by atoms with Gasteiger partial charge >= 0.3 is 0 Å². The molecule has 0 unspecified atom stereocenters. The van der Waals surface area contributed by atoms with Gasteiger partial charge in [-0.2, -0.15) is 0 Å². The molecule has 1 fully saturated rings. The number of rotatable bonds is 4. The van der Waals surface area contributed by atoms with Crippen molar-refractivity contribution >= 4 is 11.8 Å². The van der Waals surface area contributed by atoms with E-state index in [1.165, 1.54) is 0 Å². The average Bonchev–Trinajstić information content (AvgIpc) is 2.82. The van der Waals surface area contributed by atoms with E-state index in [4.69, 9.17) is 4.42 Å². The van der Waals surface area contributed by atoms with Gasteiger partial charge in [-0.3, -0.25) is 14.5 Å². The first kappa shape index (κ1) is 14.6. The molecule has 2 amide bonds. The SMILES string of the molecule is CC(=O)N1CCCN(CC(=O)NCc2ccco2)CC1. The van der Waals surface area contributed by atoms with E-state index >= 15 is 0 Å². The van der Waals surface area contributed by atoms with Gasteiger partial charge in [0.1, 0.15) is 5.76 Å². The van der Waals surface area contributed by atoms with Crippen LogP contribution in [0.1, 0.15) is 19.1 Å². The highest BCUT2D eigenvalue weighted by molar-refractivity contribution is 5.78. The van der Waals surface area contributed by atoms with Crippen LogP contribution in [0, 0.1) is 0 Å².